The first-order valence-electron chi connectivity index (χ1n) is 7.20. The highest BCUT2D eigenvalue weighted by atomic mass is 19.4. The number of nitrogens with zero attached hydrogens (tertiary/aromatic N) is 1. The van der Waals surface area contributed by atoms with Crippen molar-refractivity contribution in [2.45, 2.75) is 6.18 Å². The molecule has 0 unspecified atom stereocenters. The number of aldehydes is 1. The minimum absolute atomic E-state index is 0.0208. The first-order valence-corrected chi connectivity index (χ1v) is 7.20. The van der Waals surface area contributed by atoms with Crippen molar-refractivity contribution in [3.63, 3.8) is 0 Å². The SMILES string of the molecule is COc1ccc(Oc2nc3ccc(C(F)(F)F)cc3cc2C=O)cc1. The van der Waals surface area contributed by atoms with E-state index in [9.17, 15) is 18.0 Å². The number of hydrogen-bond donors (Lipinski definition) is 0. The number of alkyl halides is 3. The second-order valence-electron chi connectivity index (χ2n) is 5.18. The van der Waals surface area contributed by atoms with E-state index >= 15 is 0 Å². The minimum atomic E-state index is -4.46. The van der Waals surface area contributed by atoms with Crippen molar-refractivity contribution in [2.75, 3.05) is 7.11 Å². The molecule has 7 heteroatoms. The van der Waals surface area contributed by atoms with E-state index in [-0.39, 0.29) is 16.8 Å². The average Bonchev–Trinajstić information content (AvgIpc) is 2.60. The van der Waals surface area contributed by atoms with E-state index in [1.54, 1.807) is 24.3 Å². The Morgan fingerprint density at radius 2 is 1.68 bits per heavy atom. The maximum atomic E-state index is 12.8. The molecule has 0 radical (unpaired) electrons. The molecule has 0 N–H and O–H groups in total. The first kappa shape index (κ1) is 16.8. The lowest BCUT2D eigenvalue weighted by Gasteiger charge is -2.11. The number of hydrogen-bond acceptors (Lipinski definition) is 4. The topological polar surface area (TPSA) is 48.4 Å². The van der Waals surface area contributed by atoms with Crippen molar-refractivity contribution < 1.29 is 27.4 Å². The zero-order valence-corrected chi connectivity index (χ0v) is 13.0. The summed E-state index contributed by atoms with van der Waals surface area (Å²) >= 11 is 0. The van der Waals surface area contributed by atoms with Crippen LogP contribution in [0.2, 0.25) is 0 Å². The summed E-state index contributed by atoms with van der Waals surface area (Å²) in [6, 6.07) is 11.1. The Hall–Kier alpha value is -3.09. The van der Waals surface area contributed by atoms with Gasteiger partial charge in [-0.3, -0.25) is 4.79 Å². The fourth-order valence-electron chi connectivity index (χ4n) is 2.27. The van der Waals surface area contributed by atoms with Gasteiger partial charge in [-0.1, -0.05) is 0 Å². The molecule has 0 aliphatic carbocycles. The summed E-state index contributed by atoms with van der Waals surface area (Å²) in [7, 11) is 1.53. The van der Waals surface area contributed by atoms with E-state index in [0.29, 0.717) is 23.3 Å². The number of halogens is 3. The van der Waals surface area contributed by atoms with Crippen LogP contribution in [-0.2, 0) is 6.18 Å². The third kappa shape index (κ3) is 3.55. The summed E-state index contributed by atoms with van der Waals surface area (Å²) in [5, 5.41) is 0.207. The number of methoxy groups -OCH3 is 1. The van der Waals surface area contributed by atoms with E-state index < -0.39 is 11.7 Å². The molecule has 3 rings (SSSR count). The molecule has 0 aliphatic heterocycles. The molecule has 0 amide bonds. The highest BCUT2D eigenvalue weighted by Crippen LogP contribution is 2.33. The lowest BCUT2D eigenvalue weighted by atomic mass is 10.1. The van der Waals surface area contributed by atoms with Crippen molar-refractivity contribution in [3.8, 4) is 17.4 Å². The summed E-state index contributed by atoms with van der Waals surface area (Å²) in [6.45, 7) is 0. The highest BCUT2D eigenvalue weighted by molar-refractivity contribution is 5.89. The summed E-state index contributed by atoms with van der Waals surface area (Å²) in [5.41, 5.74) is -0.452. The minimum Gasteiger partial charge on any atom is -0.497 e. The van der Waals surface area contributed by atoms with Crippen LogP contribution in [0.15, 0.2) is 48.5 Å². The van der Waals surface area contributed by atoms with E-state index in [1.807, 2.05) is 0 Å². The van der Waals surface area contributed by atoms with Gasteiger partial charge >= 0.3 is 6.18 Å². The molecule has 128 valence electrons. The van der Waals surface area contributed by atoms with Gasteiger partial charge in [-0.15, -0.1) is 0 Å². The zero-order valence-electron chi connectivity index (χ0n) is 13.0. The highest BCUT2D eigenvalue weighted by Gasteiger charge is 2.30. The van der Waals surface area contributed by atoms with Crippen LogP contribution in [0, 0.1) is 0 Å². The smallest absolute Gasteiger partial charge is 0.416 e. The van der Waals surface area contributed by atoms with E-state index in [4.69, 9.17) is 9.47 Å². The molecule has 0 saturated heterocycles. The van der Waals surface area contributed by atoms with Crippen LogP contribution in [0.5, 0.6) is 17.4 Å². The maximum absolute atomic E-state index is 12.8. The zero-order chi connectivity index (χ0) is 18.0. The molecule has 1 aromatic heterocycles. The normalized spacial score (nSPS) is 11.4. The van der Waals surface area contributed by atoms with Gasteiger partial charge in [0.15, 0.2) is 6.29 Å². The fraction of sp³-hybridized carbons (Fsp3) is 0.111. The van der Waals surface area contributed by atoms with Gasteiger partial charge in [0, 0.05) is 5.39 Å². The van der Waals surface area contributed by atoms with Crippen LogP contribution >= 0.6 is 0 Å². The van der Waals surface area contributed by atoms with Gasteiger partial charge in [0.05, 0.1) is 23.8 Å². The Bertz CT molecular complexity index is 921. The van der Waals surface area contributed by atoms with E-state index in [2.05, 4.69) is 4.98 Å². The van der Waals surface area contributed by atoms with Gasteiger partial charge in [-0.25, -0.2) is 4.98 Å². The van der Waals surface area contributed by atoms with Crippen LogP contribution in [0.25, 0.3) is 10.9 Å². The maximum Gasteiger partial charge on any atom is 0.416 e. The van der Waals surface area contributed by atoms with Gasteiger partial charge < -0.3 is 9.47 Å². The van der Waals surface area contributed by atoms with Crippen molar-refractivity contribution in [1.29, 1.82) is 0 Å². The first-order chi connectivity index (χ1) is 11.9. The molecule has 0 saturated carbocycles. The summed E-state index contributed by atoms with van der Waals surface area (Å²) in [4.78, 5) is 15.4. The molecular formula is C18H12F3NO3. The monoisotopic (exact) mass is 347 g/mol. The summed E-state index contributed by atoms with van der Waals surface area (Å²) in [5.74, 6) is 1.07. The van der Waals surface area contributed by atoms with Crippen LogP contribution in [-0.4, -0.2) is 18.4 Å². The second kappa shape index (κ2) is 6.43. The summed E-state index contributed by atoms with van der Waals surface area (Å²) < 4.78 is 49.0. The molecule has 0 spiro atoms. The second-order valence-corrected chi connectivity index (χ2v) is 5.18. The number of pyridine rings is 1. The number of ether oxygens (including phenoxy) is 2. The van der Waals surface area contributed by atoms with Crippen molar-refractivity contribution in [1.82, 2.24) is 4.98 Å². The Morgan fingerprint density at radius 3 is 2.28 bits per heavy atom. The molecule has 0 atom stereocenters. The van der Waals surface area contributed by atoms with E-state index in [1.165, 1.54) is 19.2 Å². The van der Waals surface area contributed by atoms with Gasteiger partial charge in [-0.2, -0.15) is 13.2 Å². The lowest BCUT2D eigenvalue weighted by molar-refractivity contribution is -0.137. The lowest BCUT2D eigenvalue weighted by Crippen LogP contribution is -2.04. The average molecular weight is 347 g/mol. The number of aromatic nitrogens is 1. The molecular weight excluding hydrogens is 335 g/mol. The Morgan fingerprint density at radius 1 is 1.00 bits per heavy atom. The number of carbonyl (C=O) groups is 1. The van der Waals surface area contributed by atoms with Gasteiger partial charge in [0.2, 0.25) is 5.88 Å². The quantitative estimate of drug-likeness (QED) is 0.632. The van der Waals surface area contributed by atoms with Crippen LogP contribution in [0.3, 0.4) is 0 Å². The predicted molar refractivity (Wildman–Crippen MR) is 85.2 cm³/mol. The molecule has 4 nitrogen and oxygen atoms in total. The van der Waals surface area contributed by atoms with Gasteiger partial charge in [0.1, 0.15) is 11.5 Å². The third-order valence-corrected chi connectivity index (χ3v) is 3.54. The standard InChI is InChI=1S/C18H12F3NO3/c1-24-14-3-5-15(6-4-14)25-17-12(10-23)8-11-9-13(18(19,20)21)2-7-16(11)22-17/h2-10H,1H3. The van der Waals surface area contributed by atoms with Crippen LogP contribution in [0.4, 0.5) is 13.2 Å². The molecule has 0 aliphatic rings. The molecule has 0 bridgehead atoms. The van der Waals surface area contributed by atoms with Gasteiger partial charge in [0.25, 0.3) is 0 Å². The molecule has 1 heterocycles. The fourth-order valence-corrected chi connectivity index (χ4v) is 2.27. The molecule has 2 aromatic carbocycles. The van der Waals surface area contributed by atoms with Gasteiger partial charge in [-0.05, 0) is 48.5 Å². The van der Waals surface area contributed by atoms with Crippen LogP contribution in [0.1, 0.15) is 15.9 Å². The molecule has 0 fully saturated rings. The van der Waals surface area contributed by atoms with Crippen molar-refractivity contribution in [3.05, 3.63) is 59.7 Å². The summed E-state index contributed by atoms with van der Waals surface area (Å²) in [6.07, 6.45) is -3.97. The largest absolute Gasteiger partial charge is 0.497 e. The Labute approximate surface area is 140 Å². The number of benzene rings is 2. The number of fused-ring (bicyclic) bond motifs is 1. The van der Waals surface area contributed by atoms with Crippen molar-refractivity contribution in [2.24, 2.45) is 0 Å². The third-order valence-electron chi connectivity index (χ3n) is 3.54. The number of carbonyl (C=O) groups excluding carboxylic acids is 1. The van der Waals surface area contributed by atoms with Crippen molar-refractivity contribution >= 4 is 17.2 Å². The Kier molecular flexibility index (Phi) is 4.31. The predicted octanol–water partition coefficient (Wildman–Crippen LogP) is 4.87. The number of rotatable bonds is 4. The molecule has 3 aromatic rings. The molecule has 25 heavy (non-hydrogen) atoms. The Balaban J connectivity index is 2.01. The van der Waals surface area contributed by atoms with Crippen LogP contribution < -0.4 is 9.47 Å². The van der Waals surface area contributed by atoms with E-state index in [0.717, 1.165) is 12.1 Å².